The molecule has 1 aromatic carbocycles. The number of likely N-dealkylation sites (N-methyl/N-ethyl adjacent to an activating group) is 1. The highest BCUT2D eigenvalue weighted by Crippen LogP contribution is 2.42. The van der Waals surface area contributed by atoms with Gasteiger partial charge in [0.2, 0.25) is 0 Å². The summed E-state index contributed by atoms with van der Waals surface area (Å²) < 4.78 is 13.0. The maximum Gasteiger partial charge on any atom is 0.344 e. The van der Waals surface area contributed by atoms with E-state index in [4.69, 9.17) is 21.7 Å². The molecular formula is C24H25N3O4S. The predicted octanol–water partition coefficient (Wildman–Crippen LogP) is 3.46. The van der Waals surface area contributed by atoms with E-state index < -0.39 is 30.1 Å². The third-order valence-electron chi connectivity index (χ3n) is 5.98. The third-order valence-corrected chi connectivity index (χ3v) is 6.55. The largest absolute Gasteiger partial charge is 0.458 e. The van der Waals surface area contributed by atoms with Gasteiger partial charge in [-0.15, -0.1) is 0 Å². The van der Waals surface area contributed by atoms with Gasteiger partial charge >= 0.3 is 11.9 Å². The summed E-state index contributed by atoms with van der Waals surface area (Å²) in [4.78, 5) is 29.8. The highest BCUT2D eigenvalue weighted by molar-refractivity contribution is 7.80. The lowest BCUT2D eigenvalue weighted by molar-refractivity contribution is -0.156. The molecule has 2 atom stereocenters. The van der Waals surface area contributed by atoms with Crippen LogP contribution in [0.2, 0.25) is 0 Å². The highest BCUT2D eigenvalue weighted by Gasteiger charge is 2.48. The summed E-state index contributed by atoms with van der Waals surface area (Å²) in [5, 5.41) is 3.12. The number of nitrogens with zero attached hydrogens (tertiary/aromatic N) is 2. The summed E-state index contributed by atoms with van der Waals surface area (Å²) in [6, 6.07) is 12.5. The minimum Gasteiger partial charge on any atom is -0.458 e. The lowest BCUT2D eigenvalue weighted by Gasteiger charge is -2.44. The van der Waals surface area contributed by atoms with Gasteiger partial charge in [-0.25, -0.2) is 14.6 Å². The van der Waals surface area contributed by atoms with Crippen molar-refractivity contribution >= 4 is 34.8 Å². The summed E-state index contributed by atoms with van der Waals surface area (Å²) >= 11 is 5.76. The number of ether oxygens (including phenoxy) is 2. The maximum absolute atomic E-state index is 12.7. The zero-order valence-electron chi connectivity index (χ0n) is 17.8. The van der Waals surface area contributed by atoms with Gasteiger partial charge in [-0.1, -0.05) is 42.9 Å². The van der Waals surface area contributed by atoms with E-state index in [1.165, 1.54) is 0 Å². The molecule has 1 saturated carbocycles. The van der Waals surface area contributed by atoms with Gasteiger partial charge in [-0.2, -0.15) is 0 Å². The molecule has 0 spiro atoms. The molecule has 32 heavy (non-hydrogen) atoms. The van der Waals surface area contributed by atoms with Crippen LogP contribution < -0.4 is 5.32 Å². The van der Waals surface area contributed by atoms with E-state index >= 15 is 0 Å². The first kappa shape index (κ1) is 22.0. The standard InChI is InChI=1S/C24H25N3O4S/c1-25-23(32)24(18-10-11-20-26-13-14-27(20)15-18)12-6-5-9-19(24)31-21(28)16-30-22(29)17-7-3-2-4-8-17/h2-4,7-8,10-11,13-15,19H,5-6,9,12,16H2,1H3,(H,25,32). The minimum absolute atomic E-state index is 0.386. The first-order valence-electron chi connectivity index (χ1n) is 10.6. The number of nitrogens with one attached hydrogen (secondary N) is 1. The fraction of sp³-hybridized carbons (Fsp3) is 0.333. The number of esters is 2. The van der Waals surface area contributed by atoms with E-state index in [1.54, 1.807) is 43.6 Å². The molecule has 2 unspecified atom stereocenters. The zero-order chi connectivity index (χ0) is 22.6. The molecule has 7 nitrogen and oxygen atoms in total. The average molecular weight is 452 g/mol. The highest BCUT2D eigenvalue weighted by atomic mass is 32.1. The average Bonchev–Trinajstić information content (AvgIpc) is 3.31. The molecule has 2 aromatic heterocycles. The number of pyridine rings is 1. The van der Waals surface area contributed by atoms with E-state index in [0.29, 0.717) is 17.0 Å². The first-order chi connectivity index (χ1) is 15.5. The Bertz CT molecular complexity index is 1130. The van der Waals surface area contributed by atoms with Crippen LogP contribution in [0.15, 0.2) is 61.1 Å². The van der Waals surface area contributed by atoms with Gasteiger partial charge in [-0.05, 0) is 43.0 Å². The predicted molar refractivity (Wildman–Crippen MR) is 124 cm³/mol. The van der Waals surface area contributed by atoms with Crippen LogP contribution in [0.3, 0.4) is 0 Å². The Hall–Kier alpha value is -3.26. The lowest BCUT2D eigenvalue weighted by Crippen LogP contribution is -2.54. The summed E-state index contributed by atoms with van der Waals surface area (Å²) in [6.07, 6.45) is 8.43. The van der Waals surface area contributed by atoms with Crippen molar-refractivity contribution < 1.29 is 19.1 Å². The Morgan fingerprint density at radius 2 is 2.03 bits per heavy atom. The van der Waals surface area contributed by atoms with Crippen LogP contribution in [0.1, 0.15) is 41.6 Å². The molecule has 0 bridgehead atoms. The van der Waals surface area contributed by atoms with Gasteiger partial charge in [0.15, 0.2) is 6.61 Å². The number of hydrogen-bond donors (Lipinski definition) is 1. The second-order valence-electron chi connectivity index (χ2n) is 7.83. The molecular weight excluding hydrogens is 426 g/mol. The summed E-state index contributed by atoms with van der Waals surface area (Å²) in [6.45, 7) is -0.451. The van der Waals surface area contributed by atoms with Crippen molar-refractivity contribution in [2.24, 2.45) is 0 Å². The van der Waals surface area contributed by atoms with E-state index in [0.717, 1.165) is 30.5 Å². The van der Waals surface area contributed by atoms with Gasteiger partial charge in [0, 0.05) is 25.6 Å². The van der Waals surface area contributed by atoms with Gasteiger partial charge in [0.25, 0.3) is 0 Å². The molecule has 0 saturated heterocycles. The van der Waals surface area contributed by atoms with Crippen molar-refractivity contribution in [3.63, 3.8) is 0 Å². The van der Waals surface area contributed by atoms with Crippen LogP contribution in [-0.2, 0) is 19.7 Å². The van der Waals surface area contributed by atoms with Crippen molar-refractivity contribution in [2.45, 2.75) is 37.2 Å². The SMILES string of the molecule is CNC(=S)C1(c2ccc3nccn3c2)CCCCC1OC(=O)COC(=O)c1ccccc1. The van der Waals surface area contributed by atoms with E-state index in [1.807, 2.05) is 28.9 Å². The van der Waals surface area contributed by atoms with E-state index in [9.17, 15) is 9.59 Å². The fourth-order valence-corrected chi connectivity index (χ4v) is 4.75. The maximum atomic E-state index is 12.7. The Morgan fingerprint density at radius 3 is 2.81 bits per heavy atom. The number of thiocarbonyl (C=S) groups is 1. The van der Waals surface area contributed by atoms with Crippen LogP contribution in [-0.4, -0.2) is 46.1 Å². The molecule has 4 rings (SSSR count). The van der Waals surface area contributed by atoms with Gasteiger partial charge in [0.1, 0.15) is 11.8 Å². The number of aromatic nitrogens is 2. The van der Waals surface area contributed by atoms with Crippen molar-refractivity contribution in [3.05, 3.63) is 72.2 Å². The monoisotopic (exact) mass is 451 g/mol. The lowest BCUT2D eigenvalue weighted by atomic mass is 9.67. The molecule has 1 aliphatic carbocycles. The molecule has 1 aliphatic rings. The van der Waals surface area contributed by atoms with Crippen LogP contribution in [0.5, 0.6) is 0 Å². The van der Waals surface area contributed by atoms with Crippen molar-refractivity contribution in [1.82, 2.24) is 14.7 Å². The summed E-state index contributed by atoms with van der Waals surface area (Å²) in [7, 11) is 1.79. The topological polar surface area (TPSA) is 81.9 Å². The molecule has 1 fully saturated rings. The molecule has 8 heteroatoms. The van der Waals surface area contributed by atoms with E-state index in [-0.39, 0.29) is 0 Å². The van der Waals surface area contributed by atoms with Crippen molar-refractivity contribution in [1.29, 1.82) is 0 Å². The molecule has 2 heterocycles. The van der Waals surface area contributed by atoms with Gasteiger partial charge in [0.05, 0.1) is 16.0 Å². The van der Waals surface area contributed by atoms with Crippen LogP contribution in [0, 0.1) is 0 Å². The Balaban J connectivity index is 1.55. The number of imidazole rings is 1. The Kier molecular flexibility index (Phi) is 6.50. The number of hydrogen-bond acceptors (Lipinski definition) is 6. The number of carbonyl (C=O) groups is 2. The second kappa shape index (κ2) is 9.48. The fourth-order valence-electron chi connectivity index (χ4n) is 4.40. The van der Waals surface area contributed by atoms with Gasteiger partial charge in [-0.3, -0.25) is 0 Å². The van der Waals surface area contributed by atoms with E-state index in [2.05, 4.69) is 10.3 Å². The number of benzene rings is 1. The van der Waals surface area contributed by atoms with Crippen LogP contribution in [0.25, 0.3) is 5.65 Å². The summed E-state index contributed by atoms with van der Waals surface area (Å²) in [5.41, 5.74) is 1.51. The number of carbonyl (C=O) groups excluding carboxylic acids is 2. The van der Waals surface area contributed by atoms with Crippen molar-refractivity contribution in [3.8, 4) is 0 Å². The molecule has 1 N–H and O–H groups in total. The molecule has 166 valence electrons. The van der Waals surface area contributed by atoms with Gasteiger partial charge < -0.3 is 19.2 Å². The number of fused-ring (bicyclic) bond motifs is 1. The smallest absolute Gasteiger partial charge is 0.344 e. The molecule has 3 aromatic rings. The van der Waals surface area contributed by atoms with Crippen LogP contribution in [0.4, 0.5) is 0 Å². The molecule has 0 aliphatic heterocycles. The quantitative estimate of drug-likeness (QED) is 0.454. The molecule has 0 amide bonds. The van der Waals surface area contributed by atoms with Crippen LogP contribution >= 0.6 is 12.2 Å². The Morgan fingerprint density at radius 1 is 1.22 bits per heavy atom. The van der Waals surface area contributed by atoms with Crippen molar-refractivity contribution in [2.75, 3.05) is 13.7 Å². The first-order valence-corrected chi connectivity index (χ1v) is 11.0. The third kappa shape index (κ3) is 4.23. The molecule has 0 radical (unpaired) electrons. The second-order valence-corrected chi connectivity index (χ2v) is 8.24. The Labute approximate surface area is 191 Å². The number of rotatable bonds is 6. The summed E-state index contributed by atoms with van der Waals surface area (Å²) in [5.74, 6) is -1.15. The normalized spacial score (nSPS) is 20.5. The zero-order valence-corrected chi connectivity index (χ0v) is 18.6. The minimum atomic E-state index is -0.667.